The summed E-state index contributed by atoms with van der Waals surface area (Å²) in [6.07, 6.45) is 1.51. The van der Waals surface area contributed by atoms with E-state index in [4.69, 9.17) is 5.73 Å². The van der Waals surface area contributed by atoms with E-state index >= 15 is 0 Å². The number of nitrogen functional groups attached to an aromatic ring is 1. The van der Waals surface area contributed by atoms with Gasteiger partial charge in [-0.1, -0.05) is 12.1 Å². The quantitative estimate of drug-likeness (QED) is 0.792. The summed E-state index contributed by atoms with van der Waals surface area (Å²) >= 11 is 0. The molecule has 82 valence electrons. The molecule has 2 rings (SSSR count). The van der Waals surface area contributed by atoms with E-state index in [1.807, 2.05) is 6.92 Å². The number of aromatic nitrogens is 2. The number of nitrogens with zero attached hydrogens (tertiary/aromatic N) is 2. The van der Waals surface area contributed by atoms with Crippen LogP contribution in [0, 0.1) is 20.8 Å². The minimum Gasteiger partial charge on any atom is -0.383 e. The lowest BCUT2D eigenvalue weighted by Gasteiger charge is -2.08. The van der Waals surface area contributed by atoms with Crippen LogP contribution in [-0.2, 0) is 0 Å². The van der Waals surface area contributed by atoms with Gasteiger partial charge in [-0.3, -0.25) is 0 Å². The van der Waals surface area contributed by atoms with Crippen molar-refractivity contribution in [3.05, 3.63) is 41.2 Å². The zero-order valence-electron chi connectivity index (χ0n) is 9.78. The first-order chi connectivity index (χ1) is 7.59. The van der Waals surface area contributed by atoms with Gasteiger partial charge in [-0.25, -0.2) is 9.97 Å². The molecule has 2 aromatic rings. The van der Waals surface area contributed by atoms with Crippen LogP contribution in [0.1, 0.15) is 16.7 Å². The second-order valence-corrected chi connectivity index (χ2v) is 4.03. The lowest BCUT2D eigenvalue weighted by molar-refractivity contribution is 1.14. The first-order valence-corrected chi connectivity index (χ1v) is 5.24. The predicted molar refractivity (Wildman–Crippen MR) is 66.1 cm³/mol. The Morgan fingerprint density at radius 1 is 1.00 bits per heavy atom. The lowest BCUT2D eigenvalue weighted by Crippen LogP contribution is -1.98. The number of hydrogen-bond acceptors (Lipinski definition) is 3. The number of rotatable bonds is 1. The second-order valence-electron chi connectivity index (χ2n) is 4.03. The minimum absolute atomic E-state index is 0.545. The van der Waals surface area contributed by atoms with Gasteiger partial charge in [-0.2, -0.15) is 0 Å². The molecule has 2 N–H and O–H groups in total. The predicted octanol–water partition coefficient (Wildman–Crippen LogP) is 2.65. The highest BCUT2D eigenvalue weighted by Gasteiger charge is 2.07. The van der Waals surface area contributed by atoms with Gasteiger partial charge in [0.15, 0.2) is 0 Å². The van der Waals surface area contributed by atoms with E-state index in [0.717, 1.165) is 16.8 Å². The van der Waals surface area contributed by atoms with Crippen LogP contribution in [-0.4, -0.2) is 9.97 Å². The van der Waals surface area contributed by atoms with Gasteiger partial charge < -0.3 is 5.73 Å². The normalized spacial score (nSPS) is 10.4. The molecule has 0 fully saturated rings. The van der Waals surface area contributed by atoms with Gasteiger partial charge in [0.1, 0.15) is 12.1 Å². The standard InChI is InChI=1S/C13H15N3/c1-8-4-5-11(6-9(8)2)12-10(3)13(14)16-7-15-12/h4-7H,1-3H3,(H2,14,15,16). The average Bonchev–Trinajstić information content (AvgIpc) is 2.26. The molecule has 0 spiro atoms. The third-order valence-electron chi connectivity index (χ3n) is 2.90. The van der Waals surface area contributed by atoms with E-state index in [-0.39, 0.29) is 0 Å². The van der Waals surface area contributed by atoms with Crippen LogP contribution in [0.3, 0.4) is 0 Å². The molecule has 0 bridgehead atoms. The summed E-state index contributed by atoms with van der Waals surface area (Å²) in [6.45, 7) is 6.14. The lowest BCUT2D eigenvalue weighted by atomic mass is 10.0. The topological polar surface area (TPSA) is 51.8 Å². The Morgan fingerprint density at radius 3 is 2.44 bits per heavy atom. The average molecular weight is 213 g/mol. The fourth-order valence-corrected chi connectivity index (χ4v) is 1.64. The summed E-state index contributed by atoms with van der Waals surface area (Å²) in [5.41, 5.74) is 11.3. The van der Waals surface area contributed by atoms with Crippen LogP contribution in [0.2, 0.25) is 0 Å². The second kappa shape index (κ2) is 3.93. The smallest absolute Gasteiger partial charge is 0.130 e. The van der Waals surface area contributed by atoms with Crippen molar-refractivity contribution >= 4 is 5.82 Å². The molecule has 0 amide bonds. The van der Waals surface area contributed by atoms with Crippen molar-refractivity contribution in [1.82, 2.24) is 9.97 Å². The molecule has 1 heterocycles. The number of aryl methyl sites for hydroxylation is 2. The third kappa shape index (κ3) is 1.76. The molecule has 0 saturated heterocycles. The molecule has 3 heteroatoms. The first-order valence-electron chi connectivity index (χ1n) is 5.24. The Balaban J connectivity index is 2.59. The molecular formula is C13H15N3. The Bertz CT molecular complexity index is 533. The molecule has 3 nitrogen and oxygen atoms in total. The summed E-state index contributed by atoms with van der Waals surface area (Å²) in [5.74, 6) is 0.545. The monoisotopic (exact) mass is 213 g/mol. The molecular weight excluding hydrogens is 198 g/mol. The van der Waals surface area contributed by atoms with Gasteiger partial charge in [-0.05, 0) is 38.0 Å². The summed E-state index contributed by atoms with van der Waals surface area (Å²) in [7, 11) is 0. The Kier molecular flexibility index (Phi) is 2.60. The van der Waals surface area contributed by atoms with Gasteiger partial charge in [-0.15, -0.1) is 0 Å². The van der Waals surface area contributed by atoms with Crippen LogP contribution in [0.5, 0.6) is 0 Å². The fourth-order valence-electron chi connectivity index (χ4n) is 1.64. The third-order valence-corrected chi connectivity index (χ3v) is 2.90. The van der Waals surface area contributed by atoms with E-state index < -0.39 is 0 Å². The Morgan fingerprint density at radius 2 is 1.75 bits per heavy atom. The van der Waals surface area contributed by atoms with E-state index in [1.165, 1.54) is 17.5 Å². The van der Waals surface area contributed by atoms with Crippen LogP contribution >= 0.6 is 0 Å². The van der Waals surface area contributed by atoms with Gasteiger partial charge in [0.2, 0.25) is 0 Å². The summed E-state index contributed by atoms with van der Waals surface area (Å²) < 4.78 is 0. The maximum atomic E-state index is 5.77. The molecule has 0 aliphatic heterocycles. The van der Waals surface area contributed by atoms with Crippen molar-refractivity contribution in [2.75, 3.05) is 5.73 Å². The zero-order chi connectivity index (χ0) is 11.7. The summed E-state index contributed by atoms with van der Waals surface area (Å²) in [5, 5.41) is 0. The van der Waals surface area contributed by atoms with Crippen molar-refractivity contribution in [2.45, 2.75) is 20.8 Å². The summed E-state index contributed by atoms with van der Waals surface area (Å²) in [4.78, 5) is 8.26. The zero-order valence-corrected chi connectivity index (χ0v) is 9.78. The highest BCUT2D eigenvalue weighted by Crippen LogP contribution is 2.24. The molecule has 0 aliphatic carbocycles. The molecule has 0 radical (unpaired) electrons. The van der Waals surface area contributed by atoms with Gasteiger partial charge in [0.05, 0.1) is 5.69 Å². The van der Waals surface area contributed by atoms with Crippen LogP contribution in [0.25, 0.3) is 11.3 Å². The molecule has 1 aromatic carbocycles. The van der Waals surface area contributed by atoms with Gasteiger partial charge in [0, 0.05) is 11.1 Å². The largest absolute Gasteiger partial charge is 0.383 e. The van der Waals surface area contributed by atoms with Crippen LogP contribution < -0.4 is 5.73 Å². The summed E-state index contributed by atoms with van der Waals surface area (Å²) in [6, 6.07) is 6.30. The highest BCUT2D eigenvalue weighted by atomic mass is 14.9. The van der Waals surface area contributed by atoms with Crippen molar-refractivity contribution in [1.29, 1.82) is 0 Å². The molecule has 0 unspecified atom stereocenters. The van der Waals surface area contributed by atoms with Crippen LogP contribution in [0.4, 0.5) is 5.82 Å². The number of hydrogen-bond donors (Lipinski definition) is 1. The van der Waals surface area contributed by atoms with E-state index in [0.29, 0.717) is 5.82 Å². The van der Waals surface area contributed by atoms with E-state index in [2.05, 4.69) is 42.0 Å². The SMILES string of the molecule is Cc1ccc(-c2ncnc(N)c2C)cc1C. The number of benzene rings is 1. The highest BCUT2D eigenvalue weighted by molar-refractivity contribution is 5.67. The van der Waals surface area contributed by atoms with E-state index in [9.17, 15) is 0 Å². The van der Waals surface area contributed by atoms with Gasteiger partial charge >= 0.3 is 0 Å². The minimum atomic E-state index is 0.545. The molecule has 0 atom stereocenters. The van der Waals surface area contributed by atoms with E-state index in [1.54, 1.807) is 0 Å². The fraction of sp³-hybridized carbons (Fsp3) is 0.231. The number of nitrogens with two attached hydrogens (primary N) is 1. The molecule has 16 heavy (non-hydrogen) atoms. The Hall–Kier alpha value is -1.90. The molecule has 0 aliphatic rings. The molecule has 0 saturated carbocycles. The van der Waals surface area contributed by atoms with Crippen LogP contribution in [0.15, 0.2) is 24.5 Å². The maximum absolute atomic E-state index is 5.77. The van der Waals surface area contributed by atoms with Crippen molar-refractivity contribution in [3.63, 3.8) is 0 Å². The number of anilines is 1. The van der Waals surface area contributed by atoms with Crippen molar-refractivity contribution in [3.8, 4) is 11.3 Å². The molecule has 1 aromatic heterocycles. The maximum Gasteiger partial charge on any atom is 0.130 e. The van der Waals surface area contributed by atoms with Crippen molar-refractivity contribution in [2.24, 2.45) is 0 Å². The van der Waals surface area contributed by atoms with Crippen molar-refractivity contribution < 1.29 is 0 Å². The Labute approximate surface area is 95.4 Å². The van der Waals surface area contributed by atoms with Gasteiger partial charge in [0.25, 0.3) is 0 Å². The first kappa shape index (κ1) is 10.6.